The summed E-state index contributed by atoms with van der Waals surface area (Å²) >= 11 is 0. The zero-order chi connectivity index (χ0) is 50.9. The van der Waals surface area contributed by atoms with E-state index in [2.05, 4.69) is 313 Å². The number of anilines is 6. The minimum absolute atomic E-state index is 0.556. The van der Waals surface area contributed by atoms with Crippen LogP contribution < -0.4 is 9.80 Å². The molecule has 0 N–H and O–H groups in total. The molecule has 0 spiro atoms. The fraction of sp³-hybridized carbons (Fsp3) is 0.0270. The van der Waals surface area contributed by atoms with Crippen LogP contribution in [0.4, 0.5) is 34.1 Å². The van der Waals surface area contributed by atoms with Crippen molar-refractivity contribution in [1.82, 2.24) is 0 Å². The summed E-state index contributed by atoms with van der Waals surface area (Å²) in [5.74, 6) is 0. The molecule has 0 fully saturated rings. The SMILES string of the molecule is c1ccc(N(c2cccc(N(c3ccc4c(c3)C(c3ccccc3)(c3ccccc3)c3ccccc3-4)c3cccc4oc5ccccc5c34)c2)c2cccc(C3(c4ccccc4)c4ccccc4-c4ccccc43)c2)cc1. The molecule has 0 saturated carbocycles. The Kier molecular flexibility index (Phi) is 10.3. The number of para-hydroxylation sites is 2. The van der Waals surface area contributed by atoms with Crippen molar-refractivity contribution in [2.75, 3.05) is 9.80 Å². The summed E-state index contributed by atoms with van der Waals surface area (Å²) in [7, 11) is 0. The lowest BCUT2D eigenvalue weighted by Gasteiger charge is -2.35. The lowest BCUT2D eigenvalue weighted by atomic mass is 9.67. The molecule has 1 heterocycles. The molecular formula is C74H50N2O. The van der Waals surface area contributed by atoms with E-state index in [4.69, 9.17) is 4.42 Å². The number of benzene rings is 12. The van der Waals surface area contributed by atoms with Crippen molar-refractivity contribution >= 4 is 56.1 Å². The van der Waals surface area contributed by atoms with Crippen LogP contribution >= 0.6 is 0 Å². The quantitative estimate of drug-likeness (QED) is 0.136. The molecule has 15 rings (SSSR count). The number of fused-ring (bicyclic) bond motifs is 9. The summed E-state index contributed by atoms with van der Waals surface area (Å²) < 4.78 is 6.66. The van der Waals surface area contributed by atoms with Gasteiger partial charge in [-0.2, -0.15) is 0 Å². The molecule has 0 radical (unpaired) electrons. The Hall–Kier alpha value is -9.96. The van der Waals surface area contributed by atoms with E-state index >= 15 is 0 Å². The predicted octanol–water partition coefficient (Wildman–Crippen LogP) is 19.3. The van der Waals surface area contributed by atoms with Gasteiger partial charge in [0.15, 0.2) is 0 Å². The molecule has 0 atom stereocenters. The molecular weight excluding hydrogens is 933 g/mol. The van der Waals surface area contributed by atoms with Gasteiger partial charge in [-0.1, -0.05) is 231 Å². The van der Waals surface area contributed by atoms with Crippen LogP contribution in [0.3, 0.4) is 0 Å². The van der Waals surface area contributed by atoms with Gasteiger partial charge in [0.25, 0.3) is 0 Å². The normalized spacial score (nSPS) is 13.4. The highest BCUT2D eigenvalue weighted by atomic mass is 16.3. The van der Waals surface area contributed by atoms with Gasteiger partial charge in [0.2, 0.25) is 0 Å². The van der Waals surface area contributed by atoms with Crippen molar-refractivity contribution in [3.05, 3.63) is 348 Å². The molecule has 3 heteroatoms. The Bertz CT molecular complexity index is 4270. The van der Waals surface area contributed by atoms with Crippen LogP contribution in [0.25, 0.3) is 44.2 Å². The number of nitrogens with zero attached hydrogens (tertiary/aromatic N) is 2. The third-order valence-corrected chi connectivity index (χ3v) is 16.4. The number of hydrogen-bond acceptors (Lipinski definition) is 3. The zero-order valence-corrected chi connectivity index (χ0v) is 42.2. The standard InChI is InChI=1S/C74H50N2O/c1-5-24-51(25-6-1)73(52-26-7-2-8-27-52)65-40-17-15-38-62(65)63-47-46-59(50-68(63)73)76(69-43-23-45-71-72(69)64-39-16-20-44-70(64)77-71)58-35-22-34-57(49-58)75(55-31-11-4-12-32-55)56-33-21-30-54(48-56)74(53-28-9-3-10-29-53)66-41-18-13-36-60(66)61-37-14-19-42-67(61)74/h1-50H. The van der Waals surface area contributed by atoms with Crippen molar-refractivity contribution in [2.45, 2.75) is 10.8 Å². The Balaban J connectivity index is 0.964. The van der Waals surface area contributed by atoms with E-state index in [1.807, 2.05) is 0 Å². The average molecular weight is 983 g/mol. The van der Waals surface area contributed by atoms with E-state index in [0.29, 0.717) is 0 Å². The fourth-order valence-corrected chi connectivity index (χ4v) is 13.3. The lowest BCUT2D eigenvalue weighted by molar-refractivity contribution is 0.669. The van der Waals surface area contributed by atoms with Crippen LogP contribution in [0.15, 0.2) is 308 Å². The Morgan fingerprint density at radius 3 is 1.25 bits per heavy atom. The second-order valence-electron chi connectivity index (χ2n) is 20.3. The highest BCUT2D eigenvalue weighted by Crippen LogP contribution is 2.59. The lowest BCUT2D eigenvalue weighted by Crippen LogP contribution is -2.28. The zero-order valence-electron chi connectivity index (χ0n) is 42.2. The smallest absolute Gasteiger partial charge is 0.137 e. The molecule has 0 bridgehead atoms. The number of furan rings is 1. The molecule has 0 amide bonds. The molecule has 0 saturated heterocycles. The molecule has 3 nitrogen and oxygen atoms in total. The van der Waals surface area contributed by atoms with Crippen molar-refractivity contribution in [2.24, 2.45) is 0 Å². The summed E-state index contributed by atoms with van der Waals surface area (Å²) in [6.07, 6.45) is 0. The second-order valence-corrected chi connectivity index (χ2v) is 20.3. The first-order chi connectivity index (χ1) is 38.2. The van der Waals surface area contributed by atoms with Gasteiger partial charge >= 0.3 is 0 Å². The Morgan fingerprint density at radius 2 is 0.649 bits per heavy atom. The molecule has 0 unspecified atom stereocenters. The summed E-state index contributed by atoms with van der Waals surface area (Å²) in [6.45, 7) is 0. The van der Waals surface area contributed by atoms with Crippen molar-refractivity contribution in [3.8, 4) is 22.3 Å². The molecule has 0 aliphatic heterocycles. The van der Waals surface area contributed by atoms with Gasteiger partial charge in [-0.25, -0.2) is 0 Å². The maximum absolute atomic E-state index is 6.66. The van der Waals surface area contributed by atoms with Gasteiger partial charge in [0.05, 0.1) is 21.9 Å². The molecule has 12 aromatic carbocycles. The van der Waals surface area contributed by atoms with Crippen molar-refractivity contribution < 1.29 is 4.42 Å². The van der Waals surface area contributed by atoms with Gasteiger partial charge in [-0.05, 0) is 140 Å². The molecule has 13 aromatic rings. The average Bonchev–Trinajstić information content (AvgIpc) is 4.29. The minimum atomic E-state index is -0.584. The van der Waals surface area contributed by atoms with Crippen molar-refractivity contribution in [1.29, 1.82) is 0 Å². The first kappa shape index (κ1) is 44.5. The summed E-state index contributed by atoms with van der Waals surface area (Å²) in [6, 6.07) is 111. The van der Waals surface area contributed by atoms with Crippen LogP contribution in [0.1, 0.15) is 44.5 Å². The highest BCUT2D eigenvalue weighted by Gasteiger charge is 2.48. The third kappa shape index (κ3) is 6.70. The fourth-order valence-electron chi connectivity index (χ4n) is 13.3. The monoisotopic (exact) mass is 982 g/mol. The predicted molar refractivity (Wildman–Crippen MR) is 318 cm³/mol. The van der Waals surface area contributed by atoms with Crippen LogP contribution in [-0.4, -0.2) is 0 Å². The largest absolute Gasteiger partial charge is 0.456 e. The Labute approximate surface area is 448 Å². The van der Waals surface area contributed by atoms with E-state index in [0.717, 1.165) is 56.1 Å². The van der Waals surface area contributed by atoms with E-state index in [1.54, 1.807) is 0 Å². The maximum Gasteiger partial charge on any atom is 0.137 e. The Morgan fingerprint density at radius 1 is 0.247 bits per heavy atom. The van der Waals surface area contributed by atoms with E-state index in [-0.39, 0.29) is 0 Å². The van der Waals surface area contributed by atoms with Gasteiger partial charge < -0.3 is 14.2 Å². The van der Waals surface area contributed by atoms with Crippen LogP contribution in [0.2, 0.25) is 0 Å². The van der Waals surface area contributed by atoms with E-state index in [1.165, 1.54) is 66.8 Å². The van der Waals surface area contributed by atoms with E-state index in [9.17, 15) is 0 Å². The first-order valence-electron chi connectivity index (χ1n) is 26.6. The topological polar surface area (TPSA) is 19.6 Å². The summed E-state index contributed by atoms with van der Waals surface area (Å²) in [4.78, 5) is 4.87. The first-order valence-corrected chi connectivity index (χ1v) is 26.6. The van der Waals surface area contributed by atoms with Gasteiger partial charge in [0.1, 0.15) is 11.2 Å². The van der Waals surface area contributed by atoms with Crippen molar-refractivity contribution in [3.63, 3.8) is 0 Å². The minimum Gasteiger partial charge on any atom is -0.456 e. The van der Waals surface area contributed by atoms with E-state index < -0.39 is 10.8 Å². The number of hydrogen-bond donors (Lipinski definition) is 0. The molecule has 2 aliphatic rings. The van der Waals surface area contributed by atoms with Gasteiger partial charge in [0, 0.05) is 33.8 Å². The van der Waals surface area contributed by atoms with Gasteiger partial charge in [-0.15, -0.1) is 0 Å². The number of rotatable bonds is 10. The molecule has 1 aromatic heterocycles. The third-order valence-electron chi connectivity index (χ3n) is 16.4. The maximum atomic E-state index is 6.66. The van der Waals surface area contributed by atoms with Crippen LogP contribution in [0.5, 0.6) is 0 Å². The second kappa shape index (κ2) is 17.9. The summed E-state index contributed by atoms with van der Waals surface area (Å²) in [5.41, 5.74) is 21.8. The highest BCUT2D eigenvalue weighted by molar-refractivity contribution is 6.13. The van der Waals surface area contributed by atoms with Crippen LogP contribution in [-0.2, 0) is 10.8 Å². The molecule has 77 heavy (non-hydrogen) atoms. The molecule has 2 aliphatic carbocycles. The summed E-state index contributed by atoms with van der Waals surface area (Å²) in [5, 5.41) is 2.13. The van der Waals surface area contributed by atoms with Crippen LogP contribution in [0, 0.1) is 0 Å². The molecule has 362 valence electrons. The van der Waals surface area contributed by atoms with Gasteiger partial charge in [-0.3, -0.25) is 0 Å².